The second kappa shape index (κ2) is 7.17. The number of hydrogen-bond donors (Lipinski definition) is 2. The predicted octanol–water partition coefficient (Wildman–Crippen LogP) is 0.746. The Morgan fingerprint density at radius 1 is 1.27 bits per heavy atom. The third-order valence-corrected chi connectivity index (χ3v) is 2.66. The van der Waals surface area contributed by atoms with E-state index in [9.17, 15) is 0 Å². The van der Waals surface area contributed by atoms with Gasteiger partial charge in [0.2, 0.25) is 0 Å². The van der Waals surface area contributed by atoms with Crippen LogP contribution in [0.1, 0.15) is 26.7 Å². The molecule has 1 fully saturated rings. The van der Waals surface area contributed by atoms with Gasteiger partial charge in [0, 0.05) is 19.8 Å². The zero-order valence-corrected chi connectivity index (χ0v) is 9.74. The molecule has 1 saturated carbocycles. The van der Waals surface area contributed by atoms with Crippen LogP contribution >= 0.6 is 0 Å². The standard InChI is InChI=1S/C11H23NO3/c1-3-14-11(15-4-2)8-12-7-9-5-10(13)6-9/h9-13H,3-8H2,1-2H3. The SMILES string of the molecule is CCOC(CNCC1CC(O)C1)OCC. The van der Waals surface area contributed by atoms with Gasteiger partial charge >= 0.3 is 0 Å². The van der Waals surface area contributed by atoms with Crippen LogP contribution in [0.15, 0.2) is 0 Å². The summed E-state index contributed by atoms with van der Waals surface area (Å²) in [6.45, 7) is 6.97. The molecule has 0 atom stereocenters. The second-order valence-corrected chi connectivity index (χ2v) is 3.99. The molecular weight excluding hydrogens is 194 g/mol. The highest BCUT2D eigenvalue weighted by Crippen LogP contribution is 2.25. The fraction of sp³-hybridized carbons (Fsp3) is 1.00. The van der Waals surface area contributed by atoms with Crippen molar-refractivity contribution in [3.8, 4) is 0 Å². The molecule has 0 heterocycles. The minimum absolute atomic E-state index is 0.0635. The van der Waals surface area contributed by atoms with E-state index in [1.54, 1.807) is 0 Å². The van der Waals surface area contributed by atoms with Crippen LogP contribution in [-0.2, 0) is 9.47 Å². The molecule has 0 saturated heterocycles. The van der Waals surface area contributed by atoms with E-state index >= 15 is 0 Å². The average molecular weight is 217 g/mol. The third kappa shape index (κ3) is 4.93. The molecule has 1 aliphatic rings. The van der Waals surface area contributed by atoms with E-state index in [2.05, 4.69) is 5.32 Å². The summed E-state index contributed by atoms with van der Waals surface area (Å²) in [5.41, 5.74) is 0. The van der Waals surface area contributed by atoms with Gasteiger partial charge in [-0.05, 0) is 39.2 Å². The van der Waals surface area contributed by atoms with Crippen LogP contribution in [0.5, 0.6) is 0 Å². The molecule has 0 amide bonds. The van der Waals surface area contributed by atoms with Gasteiger partial charge in [0.25, 0.3) is 0 Å². The van der Waals surface area contributed by atoms with Gasteiger partial charge in [0.05, 0.1) is 6.10 Å². The first-order valence-electron chi connectivity index (χ1n) is 5.88. The first-order chi connectivity index (χ1) is 7.26. The lowest BCUT2D eigenvalue weighted by atomic mass is 9.82. The molecule has 0 spiro atoms. The first-order valence-corrected chi connectivity index (χ1v) is 5.88. The Kier molecular flexibility index (Phi) is 6.17. The Morgan fingerprint density at radius 2 is 1.87 bits per heavy atom. The van der Waals surface area contributed by atoms with Gasteiger partial charge in [-0.3, -0.25) is 0 Å². The van der Waals surface area contributed by atoms with Crippen molar-refractivity contribution in [1.82, 2.24) is 5.32 Å². The third-order valence-electron chi connectivity index (χ3n) is 2.66. The summed E-state index contributed by atoms with van der Waals surface area (Å²) in [5.74, 6) is 0.629. The Bertz CT molecular complexity index is 154. The summed E-state index contributed by atoms with van der Waals surface area (Å²) in [6, 6.07) is 0. The number of nitrogens with one attached hydrogen (secondary N) is 1. The van der Waals surface area contributed by atoms with E-state index in [1.807, 2.05) is 13.8 Å². The van der Waals surface area contributed by atoms with Crippen molar-refractivity contribution in [3.05, 3.63) is 0 Å². The summed E-state index contributed by atoms with van der Waals surface area (Å²) >= 11 is 0. The van der Waals surface area contributed by atoms with E-state index < -0.39 is 0 Å². The molecular formula is C11H23NO3. The van der Waals surface area contributed by atoms with E-state index in [0.717, 1.165) is 25.9 Å². The smallest absolute Gasteiger partial charge is 0.169 e. The quantitative estimate of drug-likeness (QED) is 0.589. The van der Waals surface area contributed by atoms with Gasteiger partial charge < -0.3 is 19.9 Å². The van der Waals surface area contributed by atoms with E-state index in [0.29, 0.717) is 19.1 Å². The van der Waals surface area contributed by atoms with Crippen LogP contribution in [0.4, 0.5) is 0 Å². The second-order valence-electron chi connectivity index (χ2n) is 3.99. The van der Waals surface area contributed by atoms with E-state index in [4.69, 9.17) is 14.6 Å². The maximum atomic E-state index is 9.12. The molecule has 1 rings (SSSR count). The monoisotopic (exact) mass is 217 g/mol. The van der Waals surface area contributed by atoms with Gasteiger partial charge in [-0.1, -0.05) is 0 Å². The Labute approximate surface area is 92.0 Å². The van der Waals surface area contributed by atoms with E-state index in [-0.39, 0.29) is 12.4 Å². The van der Waals surface area contributed by atoms with Crippen LogP contribution in [0.3, 0.4) is 0 Å². The van der Waals surface area contributed by atoms with Crippen molar-refractivity contribution in [3.63, 3.8) is 0 Å². The maximum Gasteiger partial charge on any atom is 0.169 e. The van der Waals surface area contributed by atoms with Crippen LogP contribution in [-0.4, -0.2) is 43.8 Å². The Hall–Kier alpha value is -0.160. The first kappa shape index (κ1) is 12.9. The lowest BCUT2D eigenvalue weighted by molar-refractivity contribution is -0.133. The van der Waals surface area contributed by atoms with Crippen LogP contribution in [0.2, 0.25) is 0 Å². The predicted molar refractivity (Wildman–Crippen MR) is 58.6 cm³/mol. The fourth-order valence-electron chi connectivity index (χ4n) is 1.81. The Morgan fingerprint density at radius 3 is 2.33 bits per heavy atom. The van der Waals surface area contributed by atoms with Crippen molar-refractivity contribution < 1.29 is 14.6 Å². The number of ether oxygens (including phenoxy) is 2. The summed E-state index contributed by atoms with van der Waals surface area (Å²) < 4.78 is 10.8. The van der Waals surface area contributed by atoms with Crippen molar-refractivity contribution in [2.75, 3.05) is 26.3 Å². The molecule has 0 radical (unpaired) electrons. The molecule has 15 heavy (non-hydrogen) atoms. The molecule has 1 aliphatic carbocycles. The molecule has 90 valence electrons. The highest BCUT2D eigenvalue weighted by molar-refractivity contribution is 4.80. The van der Waals surface area contributed by atoms with Crippen molar-refractivity contribution in [2.45, 2.75) is 39.1 Å². The summed E-state index contributed by atoms with van der Waals surface area (Å²) in [7, 11) is 0. The van der Waals surface area contributed by atoms with Crippen molar-refractivity contribution in [2.24, 2.45) is 5.92 Å². The minimum atomic E-state index is -0.134. The lowest BCUT2D eigenvalue weighted by Crippen LogP contribution is -2.39. The minimum Gasteiger partial charge on any atom is -0.393 e. The van der Waals surface area contributed by atoms with E-state index in [1.165, 1.54) is 0 Å². The molecule has 4 heteroatoms. The molecule has 0 bridgehead atoms. The summed E-state index contributed by atoms with van der Waals surface area (Å²) in [5, 5.41) is 12.4. The largest absolute Gasteiger partial charge is 0.393 e. The van der Waals surface area contributed by atoms with Crippen LogP contribution < -0.4 is 5.32 Å². The van der Waals surface area contributed by atoms with Gasteiger partial charge in [0.15, 0.2) is 6.29 Å². The number of rotatable bonds is 8. The zero-order chi connectivity index (χ0) is 11.1. The topological polar surface area (TPSA) is 50.7 Å². The molecule has 0 aromatic rings. The number of aliphatic hydroxyl groups excluding tert-OH is 1. The zero-order valence-electron chi connectivity index (χ0n) is 9.74. The Balaban J connectivity index is 2.00. The van der Waals surface area contributed by atoms with Crippen LogP contribution in [0.25, 0.3) is 0 Å². The maximum absolute atomic E-state index is 9.12. The number of aliphatic hydroxyl groups is 1. The average Bonchev–Trinajstić information content (AvgIpc) is 2.15. The molecule has 2 N–H and O–H groups in total. The summed E-state index contributed by atoms with van der Waals surface area (Å²) in [4.78, 5) is 0. The normalized spacial score (nSPS) is 25.6. The molecule has 0 unspecified atom stereocenters. The highest BCUT2D eigenvalue weighted by atomic mass is 16.7. The summed E-state index contributed by atoms with van der Waals surface area (Å²) in [6.07, 6.45) is 1.67. The van der Waals surface area contributed by atoms with Gasteiger partial charge in [-0.2, -0.15) is 0 Å². The molecule has 0 aromatic carbocycles. The van der Waals surface area contributed by atoms with Gasteiger partial charge in [0.1, 0.15) is 0 Å². The van der Waals surface area contributed by atoms with Crippen LogP contribution in [0, 0.1) is 5.92 Å². The molecule has 0 aliphatic heterocycles. The van der Waals surface area contributed by atoms with Gasteiger partial charge in [-0.15, -0.1) is 0 Å². The molecule has 4 nitrogen and oxygen atoms in total. The van der Waals surface area contributed by atoms with Crippen molar-refractivity contribution >= 4 is 0 Å². The van der Waals surface area contributed by atoms with Gasteiger partial charge in [-0.25, -0.2) is 0 Å². The molecule has 0 aromatic heterocycles. The fourth-order valence-corrected chi connectivity index (χ4v) is 1.81. The lowest BCUT2D eigenvalue weighted by Gasteiger charge is -2.31. The highest BCUT2D eigenvalue weighted by Gasteiger charge is 2.26. The van der Waals surface area contributed by atoms with Crippen molar-refractivity contribution in [1.29, 1.82) is 0 Å². The number of hydrogen-bond acceptors (Lipinski definition) is 4.